The monoisotopic (exact) mass is 740 g/mol. The lowest BCUT2D eigenvalue weighted by atomic mass is 10.0. The van der Waals surface area contributed by atoms with Crippen LogP contribution < -0.4 is 15.1 Å². The molecule has 1 aromatic heterocycles. The Hall–Kier alpha value is -4.25. The lowest BCUT2D eigenvalue weighted by molar-refractivity contribution is -0.171. The van der Waals surface area contributed by atoms with E-state index in [0.717, 1.165) is 25.1 Å². The molecule has 0 saturated carbocycles. The van der Waals surface area contributed by atoms with Crippen LogP contribution in [-0.2, 0) is 19.4 Å². The Labute approximate surface area is 292 Å². The minimum Gasteiger partial charge on any atom is -0.381 e. The number of amides is 2. The second-order valence-corrected chi connectivity index (χ2v) is 13.9. The molecule has 2 heterocycles. The van der Waals surface area contributed by atoms with Crippen LogP contribution in [0, 0.1) is 5.82 Å². The summed E-state index contributed by atoms with van der Waals surface area (Å²) in [6.45, 7) is 1.59. The molecule has 1 aliphatic heterocycles. The minimum absolute atomic E-state index is 0. The Morgan fingerprint density at radius 2 is 1.68 bits per heavy atom. The zero-order valence-corrected chi connectivity index (χ0v) is 29.1. The number of hydrogen-bond donors (Lipinski definition) is 2. The second-order valence-electron chi connectivity index (χ2n) is 12.0. The number of H-pyrrole nitrogens is 1. The average Bonchev–Trinajstić information content (AvgIpc) is 3.46. The molecule has 0 unspecified atom stereocenters. The van der Waals surface area contributed by atoms with Crippen molar-refractivity contribution in [2.45, 2.75) is 41.3 Å². The number of rotatable bonds is 11. The zero-order valence-electron chi connectivity index (χ0n) is 27.5. The lowest BCUT2D eigenvalue weighted by Crippen LogP contribution is -2.50. The van der Waals surface area contributed by atoms with Crippen LogP contribution in [0.5, 0.6) is 0 Å². The van der Waals surface area contributed by atoms with Crippen LogP contribution in [0.15, 0.2) is 70.5 Å². The first kappa shape index (κ1) is 38.6. The van der Waals surface area contributed by atoms with Gasteiger partial charge in [0.05, 0.1) is 26.6 Å². The van der Waals surface area contributed by atoms with Gasteiger partial charge >= 0.3 is 12.1 Å². The maximum absolute atomic E-state index is 14.1. The van der Waals surface area contributed by atoms with Gasteiger partial charge < -0.3 is 24.8 Å². The number of carbonyl (C=O) groups excluding carboxylic acids is 2. The third-order valence-corrected chi connectivity index (χ3v) is 9.97. The van der Waals surface area contributed by atoms with Gasteiger partial charge in [-0.25, -0.2) is 12.8 Å². The fourth-order valence-corrected chi connectivity index (χ4v) is 6.97. The SMILES string of the molecule is CN(C)CCCN(C)c1ccc(C(=O)Nc2n[nH]c3ccc(S(=O)(=O)c4cccc(F)c4)cc23)c(N(C(=O)C(F)(F)F)C2CCOCC2)c1.Cl. The molecule has 0 spiro atoms. The van der Waals surface area contributed by atoms with Gasteiger partial charge in [0.1, 0.15) is 5.82 Å². The highest BCUT2D eigenvalue weighted by Gasteiger charge is 2.46. The van der Waals surface area contributed by atoms with E-state index in [1.807, 2.05) is 23.9 Å². The van der Waals surface area contributed by atoms with E-state index in [1.54, 1.807) is 13.1 Å². The smallest absolute Gasteiger partial charge is 0.381 e. The Morgan fingerprint density at radius 3 is 2.34 bits per heavy atom. The van der Waals surface area contributed by atoms with Gasteiger partial charge in [-0.1, -0.05) is 6.07 Å². The van der Waals surface area contributed by atoms with Crippen LogP contribution in [0.2, 0.25) is 0 Å². The quantitative estimate of drug-likeness (QED) is 0.189. The first-order valence-corrected chi connectivity index (χ1v) is 16.9. The summed E-state index contributed by atoms with van der Waals surface area (Å²) in [5.74, 6) is -3.83. The molecule has 2 N–H and O–H groups in total. The van der Waals surface area contributed by atoms with Gasteiger partial charge in [0.15, 0.2) is 5.82 Å². The summed E-state index contributed by atoms with van der Waals surface area (Å²) in [5.41, 5.74) is 0.376. The third kappa shape index (κ3) is 8.54. The number of benzene rings is 3. The molecule has 5 rings (SSSR count). The molecule has 3 aromatic carbocycles. The van der Waals surface area contributed by atoms with E-state index >= 15 is 0 Å². The molecule has 50 heavy (non-hydrogen) atoms. The van der Waals surface area contributed by atoms with E-state index < -0.39 is 39.7 Å². The van der Waals surface area contributed by atoms with Crippen LogP contribution in [-0.4, -0.2) is 95.0 Å². The van der Waals surface area contributed by atoms with Crippen molar-refractivity contribution in [1.29, 1.82) is 0 Å². The van der Waals surface area contributed by atoms with Crippen LogP contribution in [0.3, 0.4) is 0 Å². The van der Waals surface area contributed by atoms with Gasteiger partial charge in [-0.15, -0.1) is 12.4 Å². The number of hydrogen-bond acceptors (Lipinski definition) is 8. The predicted octanol–water partition coefficient (Wildman–Crippen LogP) is 5.67. The van der Waals surface area contributed by atoms with E-state index in [0.29, 0.717) is 22.6 Å². The Bertz CT molecular complexity index is 1950. The zero-order chi connectivity index (χ0) is 35.5. The Morgan fingerprint density at radius 1 is 0.980 bits per heavy atom. The number of sulfone groups is 1. The number of carbonyl (C=O) groups is 2. The van der Waals surface area contributed by atoms with Gasteiger partial charge in [-0.3, -0.25) is 14.7 Å². The molecular weight excluding hydrogens is 704 g/mol. The molecule has 17 heteroatoms. The van der Waals surface area contributed by atoms with Crippen LogP contribution in [0.4, 0.5) is 34.8 Å². The topological polar surface area (TPSA) is 128 Å². The Kier molecular flexibility index (Phi) is 12.1. The number of fused-ring (bicyclic) bond motifs is 1. The third-order valence-electron chi connectivity index (χ3n) is 8.23. The molecule has 0 aliphatic carbocycles. The molecule has 1 aliphatic rings. The summed E-state index contributed by atoms with van der Waals surface area (Å²) < 4.78 is 88.1. The van der Waals surface area contributed by atoms with Crippen molar-refractivity contribution < 1.29 is 40.3 Å². The highest BCUT2D eigenvalue weighted by atomic mass is 35.5. The lowest BCUT2D eigenvalue weighted by Gasteiger charge is -2.36. The molecule has 0 bridgehead atoms. The van der Waals surface area contributed by atoms with Gasteiger partial charge in [0, 0.05) is 43.9 Å². The van der Waals surface area contributed by atoms with Crippen LogP contribution in [0.1, 0.15) is 29.6 Å². The molecule has 4 aromatic rings. The number of halogens is 5. The second kappa shape index (κ2) is 15.7. The number of alkyl halides is 3. The summed E-state index contributed by atoms with van der Waals surface area (Å²) in [6.07, 6.45) is -4.24. The molecule has 270 valence electrons. The number of nitrogens with one attached hydrogen (secondary N) is 2. The van der Waals surface area contributed by atoms with Gasteiger partial charge in [0.25, 0.3) is 5.91 Å². The summed E-state index contributed by atoms with van der Waals surface area (Å²) >= 11 is 0. The normalized spacial score (nSPS) is 14.0. The standard InChI is InChI=1S/C33H36F4N6O5S.ClH/c1-41(2)14-5-15-42(3)23-8-10-26(29(19-23)43(32(45)33(35,36)37)22-12-16-48-17-13-22)31(44)38-30-27-20-25(9-11-28(27)39-40-30)49(46,47)24-7-4-6-21(34)18-24;/h4,6-11,18-20,22H,5,12-17H2,1-3H3,(H2,38,39,40,44);1H. The molecule has 11 nitrogen and oxygen atoms in total. The molecule has 0 radical (unpaired) electrons. The summed E-state index contributed by atoms with van der Waals surface area (Å²) in [7, 11) is 1.45. The fraction of sp³-hybridized carbons (Fsp3) is 0.364. The van der Waals surface area contributed by atoms with Crippen LogP contribution in [0.25, 0.3) is 10.9 Å². The van der Waals surface area contributed by atoms with Crippen molar-refractivity contribution in [3.8, 4) is 0 Å². The summed E-state index contributed by atoms with van der Waals surface area (Å²) in [6, 6.07) is 11.9. The molecule has 0 atom stereocenters. The van der Waals surface area contributed by atoms with Crippen molar-refractivity contribution in [2.24, 2.45) is 0 Å². The van der Waals surface area contributed by atoms with Crippen molar-refractivity contribution >= 4 is 62.2 Å². The molecular formula is C33H37ClF4N6O5S. The van der Waals surface area contributed by atoms with Gasteiger partial charge in [-0.05, 0) is 94.5 Å². The van der Waals surface area contributed by atoms with Crippen molar-refractivity contribution in [3.05, 3.63) is 72.0 Å². The minimum atomic E-state index is -5.23. The number of aromatic nitrogens is 2. The van der Waals surface area contributed by atoms with Crippen LogP contribution >= 0.6 is 12.4 Å². The van der Waals surface area contributed by atoms with Crippen molar-refractivity contribution in [2.75, 3.05) is 62.6 Å². The van der Waals surface area contributed by atoms with E-state index in [1.165, 1.54) is 42.5 Å². The maximum Gasteiger partial charge on any atom is 0.471 e. The van der Waals surface area contributed by atoms with Gasteiger partial charge in [-0.2, -0.15) is 18.3 Å². The summed E-state index contributed by atoms with van der Waals surface area (Å²) in [5, 5.41) is 9.56. The fourth-order valence-electron chi connectivity index (χ4n) is 5.65. The number of ether oxygens (including phenoxy) is 1. The number of anilines is 3. The highest BCUT2D eigenvalue weighted by molar-refractivity contribution is 7.91. The van der Waals surface area contributed by atoms with E-state index in [-0.39, 0.29) is 70.7 Å². The first-order chi connectivity index (χ1) is 23.2. The molecule has 1 saturated heterocycles. The van der Waals surface area contributed by atoms with E-state index in [2.05, 4.69) is 15.5 Å². The predicted molar refractivity (Wildman–Crippen MR) is 183 cm³/mol. The number of aromatic amines is 1. The van der Waals surface area contributed by atoms with E-state index in [4.69, 9.17) is 4.74 Å². The largest absolute Gasteiger partial charge is 0.471 e. The maximum atomic E-state index is 14.1. The Balaban J connectivity index is 0.00000562. The highest BCUT2D eigenvalue weighted by Crippen LogP contribution is 2.35. The van der Waals surface area contributed by atoms with Crippen molar-refractivity contribution in [1.82, 2.24) is 15.1 Å². The molecule has 1 fully saturated rings. The first-order valence-electron chi connectivity index (χ1n) is 15.4. The van der Waals surface area contributed by atoms with E-state index in [9.17, 15) is 35.6 Å². The number of nitrogens with zero attached hydrogens (tertiary/aromatic N) is 4. The summed E-state index contributed by atoms with van der Waals surface area (Å²) in [4.78, 5) is 30.9. The molecule has 2 amide bonds. The van der Waals surface area contributed by atoms with Gasteiger partial charge in [0.2, 0.25) is 9.84 Å². The average molecular weight is 741 g/mol. The van der Waals surface area contributed by atoms with Crippen molar-refractivity contribution in [3.63, 3.8) is 0 Å².